The molecule has 1 aromatic rings. The SMILES string of the molecule is CCCC(Oc1c(F)c(F)c(S(=O)(=O)O)c(F)c1F)C(=O)O. The number of carbonyl (C=O) groups is 1. The van der Waals surface area contributed by atoms with Crippen LogP contribution in [0.2, 0.25) is 0 Å². The molecule has 0 spiro atoms. The Bertz CT molecular complexity index is 674. The molecular formula is C11H10F4O6S. The second-order valence-electron chi connectivity index (χ2n) is 4.12. The fraction of sp³-hybridized carbons (Fsp3) is 0.364. The van der Waals surface area contributed by atoms with Crippen LogP contribution in [0.1, 0.15) is 19.8 Å². The van der Waals surface area contributed by atoms with E-state index in [1.807, 2.05) is 0 Å². The summed E-state index contributed by atoms with van der Waals surface area (Å²) in [6, 6.07) is 0. The molecule has 11 heteroatoms. The highest BCUT2D eigenvalue weighted by molar-refractivity contribution is 7.85. The van der Waals surface area contributed by atoms with Gasteiger partial charge in [0, 0.05) is 0 Å². The second kappa shape index (κ2) is 6.48. The maximum Gasteiger partial charge on any atom is 0.344 e. The number of benzene rings is 1. The lowest BCUT2D eigenvalue weighted by molar-refractivity contribution is -0.145. The molecule has 1 unspecified atom stereocenters. The standard InChI is InChI=1S/C11H10F4O6S/c1-2-3-4(11(16)17)21-9-5(12)7(14)10(22(18,19)20)8(15)6(9)13/h4H,2-3H2,1H3,(H,16,17)(H,18,19,20). The van der Waals surface area contributed by atoms with Gasteiger partial charge in [-0.3, -0.25) is 4.55 Å². The zero-order chi connectivity index (χ0) is 17.2. The van der Waals surface area contributed by atoms with Gasteiger partial charge in [-0.25, -0.2) is 13.6 Å². The molecule has 0 radical (unpaired) electrons. The van der Waals surface area contributed by atoms with Crippen molar-refractivity contribution in [1.29, 1.82) is 0 Å². The summed E-state index contributed by atoms with van der Waals surface area (Å²) in [5, 5.41) is 8.78. The molecule has 0 heterocycles. The predicted molar refractivity (Wildman–Crippen MR) is 63.0 cm³/mol. The summed E-state index contributed by atoms with van der Waals surface area (Å²) in [7, 11) is -5.58. The lowest BCUT2D eigenvalue weighted by Gasteiger charge is -2.16. The summed E-state index contributed by atoms with van der Waals surface area (Å²) in [6.45, 7) is 1.52. The van der Waals surface area contributed by atoms with Crippen molar-refractivity contribution in [3.8, 4) is 5.75 Å². The first-order chi connectivity index (χ1) is 10.0. The zero-order valence-corrected chi connectivity index (χ0v) is 11.8. The highest BCUT2D eigenvalue weighted by Gasteiger charge is 2.34. The Balaban J connectivity index is 3.50. The van der Waals surface area contributed by atoms with Gasteiger partial charge in [0.1, 0.15) is 0 Å². The number of hydrogen-bond acceptors (Lipinski definition) is 4. The Labute approximate surface area is 122 Å². The molecule has 0 saturated heterocycles. The molecule has 0 bridgehead atoms. The number of aliphatic carboxylic acids is 1. The molecule has 0 fully saturated rings. The molecule has 6 nitrogen and oxygen atoms in total. The molecule has 1 atom stereocenters. The van der Waals surface area contributed by atoms with Gasteiger partial charge in [-0.1, -0.05) is 13.3 Å². The first kappa shape index (κ1) is 18.2. The van der Waals surface area contributed by atoms with Gasteiger partial charge in [-0.2, -0.15) is 17.2 Å². The van der Waals surface area contributed by atoms with Gasteiger partial charge >= 0.3 is 16.1 Å². The minimum atomic E-state index is -5.58. The first-order valence-electron chi connectivity index (χ1n) is 5.75. The Hall–Kier alpha value is -1.88. The summed E-state index contributed by atoms with van der Waals surface area (Å²) >= 11 is 0. The molecule has 2 N–H and O–H groups in total. The van der Waals surface area contributed by atoms with Crippen LogP contribution in [0.4, 0.5) is 17.6 Å². The average molecular weight is 346 g/mol. The lowest BCUT2D eigenvalue weighted by atomic mass is 10.2. The smallest absolute Gasteiger partial charge is 0.344 e. The quantitative estimate of drug-likeness (QED) is 0.465. The fourth-order valence-electron chi connectivity index (χ4n) is 1.56. The minimum Gasteiger partial charge on any atom is -0.479 e. The Morgan fingerprint density at radius 3 is 1.91 bits per heavy atom. The Morgan fingerprint density at radius 2 is 1.59 bits per heavy atom. The van der Waals surface area contributed by atoms with E-state index in [0.29, 0.717) is 0 Å². The summed E-state index contributed by atoms with van der Waals surface area (Å²) in [5.41, 5.74) is 0. The van der Waals surface area contributed by atoms with Gasteiger partial charge in [0.05, 0.1) is 0 Å². The third-order valence-corrected chi connectivity index (χ3v) is 3.40. The van der Waals surface area contributed by atoms with Gasteiger partial charge in [-0.05, 0) is 6.42 Å². The number of carboxylic acid groups (broad SMARTS) is 1. The number of carboxylic acids is 1. The van der Waals surface area contributed by atoms with Crippen LogP contribution < -0.4 is 4.74 Å². The molecule has 22 heavy (non-hydrogen) atoms. The Kier molecular flexibility index (Phi) is 5.35. The van der Waals surface area contributed by atoms with E-state index in [2.05, 4.69) is 4.74 Å². The summed E-state index contributed by atoms with van der Waals surface area (Å²) in [4.78, 5) is 8.59. The molecular weight excluding hydrogens is 336 g/mol. The minimum absolute atomic E-state index is 0.217. The maximum absolute atomic E-state index is 13.6. The van der Waals surface area contributed by atoms with Crippen LogP contribution in [0, 0.1) is 23.3 Å². The number of hydrogen-bond donors (Lipinski definition) is 2. The van der Waals surface area contributed by atoms with Gasteiger partial charge in [0.15, 0.2) is 28.4 Å². The molecule has 1 rings (SSSR count). The molecule has 1 aromatic carbocycles. The largest absolute Gasteiger partial charge is 0.479 e. The van der Waals surface area contributed by atoms with E-state index >= 15 is 0 Å². The van der Waals surface area contributed by atoms with Gasteiger partial charge in [0.2, 0.25) is 11.6 Å². The van der Waals surface area contributed by atoms with E-state index in [1.54, 1.807) is 0 Å². The van der Waals surface area contributed by atoms with E-state index < -0.39 is 56.1 Å². The van der Waals surface area contributed by atoms with E-state index in [-0.39, 0.29) is 12.8 Å². The highest BCUT2D eigenvalue weighted by atomic mass is 32.2. The van der Waals surface area contributed by atoms with Crippen molar-refractivity contribution < 1.29 is 45.2 Å². The summed E-state index contributed by atoms with van der Waals surface area (Å²) < 4.78 is 88.7. The maximum atomic E-state index is 13.6. The summed E-state index contributed by atoms with van der Waals surface area (Å²) in [5.74, 6) is -12.7. The van der Waals surface area contributed by atoms with Gasteiger partial charge < -0.3 is 9.84 Å². The molecule has 0 aliphatic heterocycles. The van der Waals surface area contributed by atoms with E-state index in [9.17, 15) is 30.8 Å². The van der Waals surface area contributed by atoms with Gasteiger partial charge in [-0.15, -0.1) is 0 Å². The second-order valence-corrected chi connectivity index (χ2v) is 5.48. The van der Waals surface area contributed by atoms with Crippen LogP contribution in [-0.2, 0) is 14.9 Å². The average Bonchev–Trinajstić information content (AvgIpc) is 2.38. The topological polar surface area (TPSA) is 101 Å². The number of rotatable bonds is 6. The van der Waals surface area contributed by atoms with Crippen molar-refractivity contribution in [2.45, 2.75) is 30.8 Å². The van der Waals surface area contributed by atoms with E-state index in [4.69, 9.17) is 9.66 Å². The van der Waals surface area contributed by atoms with E-state index in [1.165, 1.54) is 6.92 Å². The molecule has 0 aromatic heterocycles. The fourth-order valence-corrected chi connectivity index (χ4v) is 2.19. The van der Waals surface area contributed by atoms with Crippen molar-refractivity contribution in [1.82, 2.24) is 0 Å². The Morgan fingerprint density at radius 1 is 1.14 bits per heavy atom. The molecule has 124 valence electrons. The molecule has 0 aliphatic carbocycles. The number of halogens is 4. The van der Waals surface area contributed by atoms with Crippen molar-refractivity contribution >= 4 is 16.1 Å². The normalized spacial score (nSPS) is 13.0. The molecule has 0 aliphatic rings. The monoisotopic (exact) mass is 346 g/mol. The van der Waals surface area contributed by atoms with Crippen LogP contribution in [0.3, 0.4) is 0 Å². The summed E-state index contributed by atoms with van der Waals surface area (Å²) in [6.07, 6.45) is -1.81. The van der Waals surface area contributed by atoms with Crippen molar-refractivity contribution in [2.75, 3.05) is 0 Å². The van der Waals surface area contributed by atoms with Crippen molar-refractivity contribution in [2.24, 2.45) is 0 Å². The van der Waals surface area contributed by atoms with Crippen molar-refractivity contribution in [3.63, 3.8) is 0 Å². The van der Waals surface area contributed by atoms with Gasteiger partial charge in [0.25, 0.3) is 0 Å². The zero-order valence-electron chi connectivity index (χ0n) is 10.9. The van der Waals surface area contributed by atoms with Crippen LogP contribution in [0.5, 0.6) is 5.75 Å². The van der Waals surface area contributed by atoms with Crippen molar-refractivity contribution in [3.05, 3.63) is 23.3 Å². The van der Waals surface area contributed by atoms with E-state index in [0.717, 1.165) is 0 Å². The van der Waals surface area contributed by atoms with Crippen LogP contribution >= 0.6 is 0 Å². The number of ether oxygens (including phenoxy) is 1. The van der Waals surface area contributed by atoms with Crippen LogP contribution in [0.15, 0.2) is 4.90 Å². The third-order valence-electron chi connectivity index (χ3n) is 2.53. The lowest BCUT2D eigenvalue weighted by Crippen LogP contribution is -2.28. The third kappa shape index (κ3) is 3.47. The first-order valence-corrected chi connectivity index (χ1v) is 7.19. The molecule has 0 amide bonds. The molecule has 0 saturated carbocycles. The highest BCUT2D eigenvalue weighted by Crippen LogP contribution is 2.33. The predicted octanol–water partition coefficient (Wildman–Crippen LogP) is 2.12. The van der Waals surface area contributed by atoms with Crippen LogP contribution in [0.25, 0.3) is 0 Å². The van der Waals surface area contributed by atoms with Crippen LogP contribution in [-0.4, -0.2) is 30.2 Å².